The molecular weight excluding hydrogens is 250 g/mol. The fraction of sp³-hybridized carbons (Fsp3) is 0.250. The van der Waals surface area contributed by atoms with Gasteiger partial charge in [0.05, 0.1) is 5.69 Å². The third kappa shape index (κ3) is 1.95. The number of amides is 1. The van der Waals surface area contributed by atoms with Crippen molar-refractivity contribution < 1.29 is 4.79 Å². The highest BCUT2D eigenvalue weighted by Crippen LogP contribution is 2.30. The van der Waals surface area contributed by atoms with Gasteiger partial charge in [-0.3, -0.25) is 14.9 Å². The number of nitrogens with zero attached hydrogens (tertiary/aromatic N) is 1. The molecule has 0 saturated heterocycles. The summed E-state index contributed by atoms with van der Waals surface area (Å²) in [5, 5.41) is 3.25. The van der Waals surface area contributed by atoms with E-state index in [1.54, 1.807) is 0 Å². The van der Waals surface area contributed by atoms with Gasteiger partial charge in [0.15, 0.2) is 10.6 Å². The summed E-state index contributed by atoms with van der Waals surface area (Å²) in [5.41, 5.74) is 0.889. The van der Waals surface area contributed by atoms with E-state index in [-0.39, 0.29) is 11.0 Å². The van der Waals surface area contributed by atoms with E-state index in [1.165, 1.54) is 34.7 Å². The second-order valence-electron chi connectivity index (χ2n) is 4.12. The molecule has 0 radical (unpaired) electrons. The van der Waals surface area contributed by atoms with Crippen molar-refractivity contribution in [3.05, 3.63) is 44.8 Å². The van der Waals surface area contributed by atoms with Crippen LogP contribution in [-0.2, 0) is 12.8 Å². The van der Waals surface area contributed by atoms with Crippen molar-refractivity contribution in [1.29, 1.82) is 0 Å². The van der Waals surface area contributed by atoms with Gasteiger partial charge in [-0.25, -0.2) is 4.98 Å². The number of pyridine rings is 1. The SMILES string of the molecule is O=C(Nc1nc2c(s1)CCC2)c1c[nH]ccc1=O. The summed E-state index contributed by atoms with van der Waals surface area (Å²) in [5.74, 6) is -0.413. The highest BCUT2D eigenvalue weighted by atomic mass is 32.1. The van der Waals surface area contributed by atoms with Crippen molar-refractivity contribution in [2.75, 3.05) is 5.32 Å². The predicted octanol–water partition coefficient (Wildman–Crippen LogP) is 1.57. The van der Waals surface area contributed by atoms with Gasteiger partial charge in [-0.2, -0.15) is 0 Å². The quantitative estimate of drug-likeness (QED) is 0.861. The molecule has 2 aromatic heterocycles. The number of thiazole rings is 1. The molecule has 0 fully saturated rings. The molecule has 0 saturated carbocycles. The van der Waals surface area contributed by atoms with Crippen LogP contribution in [0.15, 0.2) is 23.3 Å². The molecular formula is C12H11N3O2S. The first-order valence-corrected chi connectivity index (χ1v) is 6.53. The molecule has 18 heavy (non-hydrogen) atoms. The number of rotatable bonds is 2. The Hall–Kier alpha value is -1.95. The average molecular weight is 261 g/mol. The normalized spacial score (nSPS) is 13.3. The molecule has 0 aliphatic heterocycles. The van der Waals surface area contributed by atoms with Gasteiger partial charge >= 0.3 is 0 Å². The first kappa shape index (κ1) is 11.2. The molecule has 0 bridgehead atoms. The Bertz CT molecular complexity index is 638. The van der Waals surface area contributed by atoms with Gasteiger partial charge in [-0.15, -0.1) is 11.3 Å². The second kappa shape index (κ2) is 4.38. The summed E-state index contributed by atoms with van der Waals surface area (Å²) >= 11 is 1.50. The van der Waals surface area contributed by atoms with Gasteiger partial charge in [0.25, 0.3) is 5.91 Å². The Morgan fingerprint density at radius 3 is 3.11 bits per heavy atom. The molecule has 5 nitrogen and oxygen atoms in total. The third-order valence-electron chi connectivity index (χ3n) is 2.88. The molecule has 2 heterocycles. The lowest BCUT2D eigenvalue weighted by atomic mass is 10.2. The maximum atomic E-state index is 11.9. The molecule has 1 amide bonds. The van der Waals surface area contributed by atoms with Crippen LogP contribution in [0.5, 0.6) is 0 Å². The highest BCUT2D eigenvalue weighted by Gasteiger charge is 2.18. The van der Waals surface area contributed by atoms with Crippen LogP contribution in [0.2, 0.25) is 0 Å². The van der Waals surface area contributed by atoms with E-state index in [1.807, 2.05) is 0 Å². The van der Waals surface area contributed by atoms with Gasteiger partial charge in [0, 0.05) is 23.3 Å². The molecule has 3 rings (SSSR count). The molecule has 6 heteroatoms. The summed E-state index contributed by atoms with van der Waals surface area (Å²) in [6, 6.07) is 1.33. The maximum absolute atomic E-state index is 11.9. The fourth-order valence-corrected chi connectivity index (χ4v) is 3.05. The van der Waals surface area contributed by atoms with Crippen LogP contribution in [0.3, 0.4) is 0 Å². The molecule has 0 spiro atoms. The van der Waals surface area contributed by atoms with Crippen LogP contribution in [0.25, 0.3) is 0 Å². The molecule has 0 atom stereocenters. The van der Waals surface area contributed by atoms with Crippen LogP contribution in [0.4, 0.5) is 5.13 Å². The van der Waals surface area contributed by atoms with Crippen molar-refractivity contribution in [1.82, 2.24) is 9.97 Å². The molecule has 0 unspecified atom stereocenters. The summed E-state index contributed by atoms with van der Waals surface area (Å²) in [6.45, 7) is 0. The summed E-state index contributed by atoms with van der Waals surface area (Å²) in [6.07, 6.45) is 6.05. The monoisotopic (exact) mass is 261 g/mol. The maximum Gasteiger partial charge on any atom is 0.262 e. The Labute approximate surface area is 107 Å². The average Bonchev–Trinajstić information content (AvgIpc) is 2.90. The number of fused-ring (bicyclic) bond motifs is 1. The standard InChI is InChI=1S/C12H11N3O2S/c16-9-4-5-13-6-7(9)11(17)15-12-14-8-2-1-3-10(8)18-12/h4-6H,1-3H2,(H,13,16)(H,14,15,17). The zero-order chi connectivity index (χ0) is 12.5. The predicted molar refractivity (Wildman–Crippen MR) is 69.2 cm³/mol. The Kier molecular flexibility index (Phi) is 2.71. The molecule has 1 aliphatic carbocycles. The third-order valence-corrected chi connectivity index (χ3v) is 3.96. The van der Waals surface area contributed by atoms with E-state index in [0.717, 1.165) is 25.0 Å². The molecule has 2 aromatic rings. The lowest BCUT2D eigenvalue weighted by Gasteiger charge is -2.00. The van der Waals surface area contributed by atoms with Crippen molar-refractivity contribution in [3.63, 3.8) is 0 Å². The Morgan fingerprint density at radius 1 is 1.44 bits per heavy atom. The Morgan fingerprint density at radius 2 is 2.33 bits per heavy atom. The van der Waals surface area contributed by atoms with Crippen molar-refractivity contribution in [2.24, 2.45) is 0 Å². The smallest absolute Gasteiger partial charge is 0.262 e. The topological polar surface area (TPSA) is 74.8 Å². The van der Waals surface area contributed by atoms with E-state index < -0.39 is 5.91 Å². The van der Waals surface area contributed by atoms with Crippen LogP contribution in [0, 0.1) is 0 Å². The molecule has 1 aliphatic rings. The first-order chi connectivity index (χ1) is 8.74. The van der Waals surface area contributed by atoms with Gasteiger partial charge < -0.3 is 4.98 Å². The lowest BCUT2D eigenvalue weighted by Crippen LogP contribution is -2.20. The van der Waals surface area contributed by atoms with Crippen molar-refractivity contribution in [3.8, 4) is 0 Å². The molecule has 2 N–H and O–H groups in total. The van der Waals surface area contributed by atoms with E-state index >= 15 is 0 Å². The zero-order valence-corrected chi connectivity index (χ0v) is 10.3. The number of hydrogen-bond acceptors (Lipinski definition) is 4. The van der Waals surface area contributed by atoms with Crippen molar-refractivity contribution >= 4 is 22.4 Å². The van der Waals surface area contributed by atoms with Crippen LogP contribution < -0.4 is 10.7 Å². The number of H-pyrrole nitrogens is 1. The van der Waals surface area contributed by atoms with Gasteiger partial charge in [0.1, 0.15) is 5.56 Å². The van der Waals surface area contributed by atoms with E-state index in [2.05, 4.69) is 15.3 Å². The minimum Gasteiger partial charge on any atom is -0.367 e. The number of carbonyl (C=O) groups is 1. The number of aromatic nitrogens is 2. The number of carbonyl (C=O) groups excluding carboxylic acids is 1. The highest BCUT2D eigenvalue weighted by molar-refractivity contribution is 7.15. The summed E-state index contributed by atoms with van der Waals surface area (Å²) < 4.78 is 0. The van der Waals surface area contributed by atoms with Gasteiger partial charge in [0.2, 0.25) is 0 Å². The largest absolute Gasteiger partial charge is 0.367 e. The minimum absolute atomic E-state index is 0.104. The number of aromatic amines is 1. The lowest BCUT2D eigenvalue weighted by molar-refractivity contribution is 0.102. The number of nitrogens with one attached hydrogen (secondary N) is 2. The zero-order valence-electron chi connectivity index (χ0n) is 9.53. The van der Waals surface area contributed by atoms with Crippen LogP contribution in [-0.4, -0.2) is 15.9 Å². The number of anilines is 1. The van der Waals surface area contributed by atoms with Crippen LogP contribution >= 0.6 is 11.3 Å². The van der Waals surface area contributed by atoms with E-state index in [9.17, 15) is 9.59 Å². The number of aryl methyl sites for hydroxylation is 2. The first-order valence-electron chi connectivity index (χ1n) is 5.71. The fourth-order valence-electron chi connectivity index (χ4n) is 2.00. The number of hydrogen-bond donors (Lipinski definition) is 2. The molecule has 0 aromatic carbocycles. The van der Waals surface area contributed by atoms with E-state index in [0.29, 0.717) is 5.13 Å². The van der Waals surface area contributed by atoms with Gasteiger partial charge in [-0.1, -0.05) is 0 Å². The summed E-state index contributed by atoms with van der Waals surface area (Å²) in [7, 11) is 0. The summed E-state index contributed by atoms with van der Waals surface area (Å²) in [4.78, 5) is 31.7. The minimum atomic E-state index is -0.413. The Balaban J connectivity index is 1.82. The van der Waals surface area contributed by atoms with Crippen molar-refractivity contribution in [2.45, 2.75) is 19.3 Å². The van der Waals surface area contributed by atoms with Gasteiger partial charge in [-0.05, 0) is 19.3 Å². The van der Waals surface area contributed by atoms with E-state index in [4.69, 9.17) is 0 Å². The molecule has 92 valence electrons. The second-order valence-corrected chi connectivity index (χ2v) is 5.20. The van der Waals surface area contributed by atoms with Crippen LogP contribution in [0.1, 0.15) is 27.3 Å².